The van der Waals surface area contributed by atoms with Crippen molar-refractivity contribution in [3.05, 3.63) is 58.9 Å². The quantitative estimate of drug-likeness (QED) is 0.383. The number of aromatic nitrogens is 2. The van der Waals surface area contributed by atoms with Gasteiger partial charge in [0, 0.05) is 18.9 Å². The molecule has 1 unspecified atom stereocenters. The molecule has 4 rings (SSSR count). The van der Waals surface area contributed by atoms with E-state index in [1.54, 1.807) is 42.4 Å². The van der Waals surface area contributed by atoms with Crippen LogP contribution in [0.1, 0.15) is 54.0 Å². The molecule has 42 heavy (non-hydrogen) atoms. The zero-order valence-corrected chi connectivity index (χ0v) is 26.4. The molecule has 1 aromatic heterocycles. The molecule has 2 heterocycles. The number of ether oxygens (including phenoxy) is 1. The molecule has 0 aliphatic carbocycles. The number of hydrogen-bond acceptors (Lipinski definition) is 10. The van der Waals surface area contributed by atoms with Crippen LogP contribution in [0.4, 0.5) is 17.1 Å². The summed E-state index contributed by atoms with van der Waals surface area (Å²) in [4.78, 5) is 17.5. The van der Waals surface area contributed by atoms with Crippen molar-refractivity contribution >= 4 is 42.8 Å². The summed E-state index contributed by atoms with van der Waals surface area (Å²) in [6.07, 6.45) is 3.62. The van der Waals surface area contributed by atoms with E-state index < -0.39 is 31.8 Å². The van der Waals surface area contributed by atoms with E-state index in [1.165, 1.54) is 17.9 Å². The van der Waals surface area contributed by atoms with Crippen molar-refractivity contribution in [1.29, 1.82) is 0 Å². The number of amides is 1. The number of nitrogens with zero attached hydrogens (tertiary/aromatic N) is 5. The van der Waals surface area contributed by atoms with Crippen LogP contribution in [0.15, 0.2) is 52.0 Å². The third-order valence-electron chi connectivity index (χ3n) is 6.75. The molecule has 0 fully saturated rings. The highest BCUT2D eigenvalue weighted by molar-refractivity contribution is 7.92. The summed E-state index contributed by atoms with van der Waals surface area (Å²) in [5.74, 6) is -0.266. The fraction of sp³-hybridized carbons (Fsp3) is 0.407. The van der Waals surface area contributed by atoms with Crippen molar-refractivity contribution in [3.8, 4) is 5.75 Å². The average molecular weight is 618 g/mol. The van der Waals surface area contributed by atoms with Crippen molar-refractivity contribution in [2.24, 2.45) is 17.4 Å². The number of aryl methyl sites for hydroxylation is 1. The van der Waals surface area contributed by atoms with Gasteiger partial charge in [-0.25, -0.2) is 26.8 Å². The first-order valence-corrected chi connectivity index (χ1v) is 16.7. The Labute approximate surface area is 245 Å². The Hall–Kier alpha value is -3.98. The highest BCUT2D eigenvalue weighted by Crippen LogP contribution is 2.39. The molecule has 1 amide bonds. The van der Waals surface area contributed by atoms with Gasteiger partial charge >= 0.3 is 0 Å². The summed E-state index contributed by atoms with van der Waals surface area (Å²) in [5.41, 5.74) is 3.37. The van der Waals surface area contributed by atoms with Gasteiger partial charge in [0.2, 0.25) is 25.0 Å². The minimum atomic E-state index is -3.63. The number of rotatable bonds is 8. The average Bonchev–Trinajstić information content (AvgIpc) is 3.49. The third kappa shape index (κ3) is 6.57. The molecule has 2 N–H and O–H groups in total. The molecule has 0 saturated carbocycles. The molecule has 226 valence electrons. The van der Waals surface area contributed by atoms with Crippen LogP contribution in [0.3, 0.4) is 0 Å². The van der Waals surface area contributed by atoms with Gasteiger partial charge in [0.25, 0.3) is 5.91 Å². The van der Waals surface area contributed by atoms with Crippen molar-refractivity contribution in [1.82, 2.24) is 9.55 Å². The second kappa shape index (κ2) is 11.0. The number of methoxy groups -OCH3 is 1. The molecule has 2 aromatic carbocycles. The molecule has 0 bridgehead atoms. The molecule has 15 heteroatoms. The Kier molecular flexibility index (Phi) is 8.12. The largest absolute Gasteiger partial charge is 0.492 e. The van der Waals surface area contributed by atoms with E-state index in [4.69, 9.17) is 4.74 Å². The Balaban J connectivity index is 1.63. The number of sulfone groups is 1. The van der Waals surface area contributed by atoms with Gasteiger partial charge in [-0.05, 0) is 47.7 Å². The number of hydrogen-bond donors (Lipinski definition) is 2. The van der Waals surface area contributed by atoms with E-state index in [-0.39, 0.29) is 22.0 Å². The van der Waals surface area contributed by atoms with Crippen molar-refractivity contribution in [3.63, 3.8) is 0 Å². The van der Waals surface area contributed by atoms with Crippen LogP contribution in [0.25, 0.3) is 0 Å². The molecular weight excluding hydrogens is 582 g/mol. The highest BCUT2D eigenvalue weighted by atomic mass is 32.2. The Morgan fingerprint density at radius 1 is 1.07 bits per heavy atom. The van der Waals surface area contributed by atoms with Gasteiger partial charge in [0.05, 0.1) is 48.9 Å². The molecule has 0 spiro atoms. The van der Waals surface area contributed by atoms with E-state index >= 15 is 0 Å². The van der Waals surface area contributed by atoms with E-state index in [1.807, 2.05) is 27.7 Å². The molecular formula is C27H35N7O6S2. The Morgan fingerprint density at radius 3 is 2.31 bits per heavy atom. The standard InChI is InChI=1S/C27H35N7O6S2/c1-16-9-10-17(11-22(16)34-15-21(30-32-34)23-14-28-26(33(23)5)41(7,36)37)25(35)29-19-12-18(27(2,3)4)13-20(24(19)40-6)31-42(8,38)39/h9-14,21,31H,15H2,1-8H3,(H,29,35). The number of nitrogens with one attached hydrogen (secondary N) is 2. The number of carbonyl (C=O) groups is 1. The first-order chi connectivity index (χ1) is 19.4. The number of anilines is 3. The Bertz CT molecular complexity index is 1790. The number of carbonyl (C=O) groups excluding carboxylic acids is 1. The molecule has 13 nitrogen and oxygen atoms in total. The van der Waals surface area contributed by atoms with Crippen molar-refractivity contribution < 1.29 is 26.4 Å². The second-order valence-corrected chi connectivity index (χ2v) is 14.9. The minimum absolute atomic E-state index is 0.0538. The van der Waals surface area contributed by atoms with Crippen LogP contribution in [0.2, 0.25) is 0 Å². The molecule has 1 aliphatic heterocycles. The van der Waals surface area contributed by atoms with Crippen LogP contribution in [0, 0.1) is 6.92 Å². The molecule has 0 saturated heterocycles. The molecule has 1 aliphatic rings. The maximum absolute atomic E-state index is 13.5. The first-order valence-electron chi connectivity index (χ1n) is 12.9. The van der Waals surface area contributed by atoms with Crippen molar-refractivity contribution in [2.45, 2.75) is 44.3 Å². The lowest BCUT2D eigenvalue weighted by Crippen LogP contribution is -2.20. The van der Waals surface area contributed by atoms with E-state index in [9.17, 15) is 21.6 Å². The van der Waals surface area contributed by atoms with Gasteiger partial charge in [0.1, 0.15) is 6.04 Å². The van der Waals surface area contributed by atoms with Gasteiger partial charge in [-0.1, -0.05) is 32.1 Å². The zero-order chi connectivity index (χ0) is 31.2. The first kappa shape index (κ1) is 31.0. The van der Waals surface area contributed by atoms with Crippen LogP contribution in [-0.2, 0) is 32.3 Å². The topological polar surface area (TPSA) is 164 Å². The van der Waals surface area contributed by atoms with Crippen molar-refractivity contribution in [2.75, 3.05) is 41.2 Å². The summed E-state index contributed by atoms with van der Waals surface area (Å²) in [6, 6.07) is 8.15. The van der Waals surface area contributed by atoms with Crippen LogP contribution in [0.5, 0.6) is 5.75 Å². The van der Waals surface area contributed by atoms with Gasteiger partial charge < -0.3 is 14.6 Å². The summed E-state index contributed by atoms with van der Waals surface area (Å²) >= 11 is 0. The third-order valence-corrected chi connectivity index (χ3v) is 8.38. The predicted molar refractivity (Wildman–Crippen MR) is 161 cm³/mol. The van der Waals surface area contributed by atoms with Crippen LogP contribution < -0.4 is 19.8 Å². The Morgan fingerprint density at radius 2 is 1.74 bits per heavy atom. The van der Waals surface area contributed by atoms with E-state index in [0.717, 1.165) is 23.6 Å². The minimum Gasteiger partial charge on any atom is -0.492 e. The SMILES string of the molecule is COc1c(NC(=O)c2ccc(C)c(N3CC(c4cnc(S(C)(=O)=O)n4C)N=N3)c2)cc(C(C)(C)C)cc1NS(C)(=O)=O. The van der Waals surface area contributed by atoms with Crippen LogP contribution in [-0.4, -0.2) is 58.5 Å². The fourth-order valence-electron chi connectivity index (χ4n) is 4.59. The highest BCUT2D eigenvalue weighted by Gasteiger charge is 2.29. The maximum atomic E-state index is 13.5. The fourth-order valence-corrected chi connectivity index (χ4v) is 5.99. The zero-order valence-electron chi connectivity index (χ0n) is 24.8. The molecule has 0 radical (unpaired) electrons. The number of benzene rings is 2. The van der Waals surface area contributed by atoms with Gasteiger partial charge in [-0.15, -0.1) is 0 Å². The lowest BCUT2D eigenvalue weighted by molar-refractivity contribution is 0.102. The van der Waals surface area contributed by atoms with E-state index in [0.29, 0.717) is 29.2 Å². The number of sulfonamides is 1. The predicted octanol–water partition coefficient (Wildman–Crippen LogP) is 3.99. The maximum Gasteiger partial charge on any atom is 0.255 e. The summed E-state index contributed by atoms with van der Waals surface area (Å²) in [7, 11) is -4.11. The number of imidazole rings is 1. The smallest absolute Gasteiger partial charge is 0.255 e. The van der Waals surface area contributed by atoms with E-state index in [2.05, 4.69) is 25.4 Å². The van der Waals surface area contributed by atoms with Crippen LogP contribution >= 0.6 is 0 Å². The van der Waals surface area contributed by atoms with Gasteiger partial charge in [-0.3, -0.25) is 9.52 Å². The lowest BCUT2D eigenvalue weighted by Gasteiger charge is -2.24. The normalized spacial score (nSPS) is 15.6. The molecule has 3 aromatic rings. The summed E-state index contributed by atoms with van der Waals surface area (Å²) < 4.78 is 57.6. The molecule has 1 atom stereocenters. The summed E-state index contributed by atoms with van der Waals surface area (Å²) in [5, 5.41) is 13.1. The van der Waals surface area contributed by atoms with Gasteiger partial charge in [0.15, 0.2) is 5.75 Å². The second-order valence-electron chi connectivity index (χ2n) is 11.3. The monoisotopic (exact) mass is 617 g/mol. The van der Waals surface area contributed by atoms with Gasteiger partial charge in [-0.2, -0.15) is 5.11 Å². The lowest BCUT2D eigenvalue weighted by atomic mass is 9.86. The summed E-state index contributed by atoms with van der Waals surface area (Å²) in [6.45, 7) is 8.12.